The summed E-state index contributed by atoms with van der Waals surface area (Å²) < 4.78 is 0. The van der Waals surface area contributed by atoms with Crippen molar-refractivity contribution in [1.29, 1.82) is 5.41 Å². The third-order valence-electron chi connectivity index (χ3n) is 5.77. The molecule has 2 atom stereocenters. The van der Waals surface area contributed by atoms with Gasteiger partial charge in [-0.2, -0.15) is 0 Å². The molecule has 0 aliphatic rings. The van der Waals surface area contributed by atoms with Crippen LogP contribution in [0.2, 0.25) is 0 Å². The molecule has 33 heavy (non-hydrogen) atoms. The van der Waals surface area contributed by atoms with Crippen molar-refractivity contribution in [2.75, 3.05) is 6.16 Å². The second kappa shape index (κ2) is 10.7. The maximum atomic E-state index is 13.2. The van der Waals surface area contributed by atoms with Crippen molar-refractivity contribution in [3.63, 3.8) is 0 Å². The Balaban J connectivity index is 1.77. The summed E-state index contributed by atoms with van der Waals surface area (Å²) in [7, 11) is -3.70. The molecule has 0 bridgehead atoms. The summed E-state index contributed by atoms with van der Waals surface area (Å²) in [4.78, 5) is 49.2. The lowest BCUT2D eigenvalue weighted by Crippen LogP contribution is -2.48. The van der Waals surface area contributed by atoms with Crippen LogP contribution in [0.5, 0.6) is 0 Å². The zero-order valence-corrected chi connectivity index (χ0v) is 19.4. The van der Waals surface area contributed by atoms with Crippen LogP contribution in [0.15, 0.2) is 60.8 Å². The smallest absolute Gasteiger partial charge is 0.314 e. The molecule has 1 aromatic heterocycles. The van der Waals surface area contributed by atoms with Gasteiger partial charge in [0.2, 0.25) is 17.3 Å². The Bertz CT molecular complexity index is 1130. The van der Waals surface area contributed by atoms with Crippen LogP contribution in [0, 0.1) is 11.3 Å². The highest BCUT2D eigenvalue weighted by Crippen LogP contribution is 2.52. The van der Waals surface area contributed by atoms with Crippen LogP contribution in [0.1, 0.15) is 24.5 Å². The predicted molar refractivity (Wildman–Crippen MR) is 131 cm³/mol. The van der Waals surface area contributed by atoms with Crippen LogP contribution < -0.4 is 11.1 Å². The van der Waals surface area contributed by atoms with Gasteiger partial charge in [0.25, 0.3) is 0 Å². The highest BCUT2D eigenvalue weighted by Gasteiger charge is 2.42. The maximum absolute atomic E-state index is 13.2. The van der Waals surface area contributed by atoms with E-state index in [1.54, 1.807) is 6.20 Å². The van der Waals surface area contributed by atoms with Crippen molar-refractivity contribution in [3.05, 3.63) is 71.9 Å². The van der Waals surface area contributed by atoms with Gasteiger partial charge >= 0.3 is 7.72 Å². The average Bonchev–Trinajstić information content (AvgIpc) is 3.19. The minimum atomic E-state index is -3.70. The fraction of sp³-hybridized carbons (Fsp3) is 0.292. The first-order valence-corrected chi connectivity index (χ1v) is 12.6. The molecule has 0 saturated carbocycles. The fourth-order valence-electron chi connectivity index (χ4n) is 3.77. The number of para-hydroxylation sites is 1. The van der Waals surface area contributed by atoms with E-state index in [4.69, 9.17) is 11.1 Å². The van der Waals surface area contributed by atoms with E-state index in [1.807, 2.05) is 54.6 Å². The van der Waals surface area contributed by atoms with E-state index in [1.165, 1.54) is 6.92 Å². The molecule has 0 aliphatic carbocycles. The van der Waals surface area contributed by atoms with Crippen molar-refractivity contribution in [2.24, 2.45) is 11.7 Å². The van der Waals surface area contributed by atoms with Gasteiger partial charge in [-0.05, 0) is 30.0 Å². The van der Waals surface area contributed by atoms with Gasteiger partial charge in [0.15, 0.2) is 0 Å². The molecule has 0 radical (unpaired) electrons. The molecule has 0 fully saturated rings. The van der Waals surface area contributed by atoms with E-state index in [9.17, 15) is 19.4 Å². The number of carbonyl (C=O) groups excluding carboxylic acids is 2. The SMILES string of the molecule is CC(=N)[P+](O)(O)CC(CCc1ccccc1)C(=O)NC(Cc1c[nH]c2ccccc12)C(N)=O. The molecule has 0 saturated heterocycles. The maximum Gasteiger partial charge on any atom is 0.314 e. The van der Waals surface area contributed by atoms with Crippen LogP contribution in [0.4, 0.5) is 0 Å². The molecule has 2 unspecified atom stereocenters. The van der Waals surface area contributed by atoms with Crippen molar-refractivity contribution >= 4 is 35.9 Å². The van der Waals surface area contributed by atoms with E-state index in [-0.39, 0.29) is 18.0 Å². The van der Waals surface area contributed by atoms with Gasteiger partial charge in [0, 0.05) is 30.4 Å². The number of hydrogen-bond donors (Lipinski definition) is 6. The number of benzene rings is 2. The summed E-state index contributed by atoms with van der Waals surface area (Å²) in [5.74, 6) is -1.95. The topological polar surface area (TPSA) is 152 Å². The van der Waals surface area contributed by atoms with Crippen molar-refractivity contribution < 1.29 is 19.4 Å². The Morgan fingerprint density at radius 2 is 1.79 bits per heavy atom. The number of nitrogens with one attached hydrogen (secondary N) is 3. The van der Waals surface area contributed by atoms with Crippen molar-refractivity contribution in [2.45, 2.75) is 32.2 Å². The lowest BCUT2D eigenvalue weighted by atomic mass is 9.98. The molecule has 1 heterocycles. The van der Waals surface area contributed by atoms with Gasteiger partial charge in [0.1, 0.15) is 12.2 Å². The minimum Gasteiger partial charge on any atom is -0.368 e. The van der Waals surface area contributed by atoms with E-state index < -0.39 is 31.5 Å². The highest BCUT2D eigenvalue weighted by atomic mass is 31.2. The minimum absolute atomic E-state index is 0.207. The Kier molecular flexibility index (Phi) is 7.97. The van der Waals surface area contributed by atoms with Crippen LogP contribution >= 0.6 is 7.72 Å². The zero-order chi connectivity index (χ0) is 24.0. The third-order valence-corrected chi connectivity index (χ3v) is 7.79. The number of aromatic amines is 1. The van der Waals surface area contributed by atoms with Crippen molar-refractivity contribution in [1.82, 2.24) is 10.3 Å². The third kappa shape index (κ3) is 6.48. The molecule has 7 N–H and O–H groups in total. The van der Waals surface area contributed by atoms with Gasteiger partial charge in [-0.25, -0.2) is 9.79 Å². The molecule has 0 aliphatic heterocycles. The number of H-pyrrole nitrogens is 1. The second-order valence-electron chi connectivity index (χ2n) is 8.25. The molecule has 8 nitrogen and oxygen atoms in total. The number of hydrogen-bond acceptors (Lipinski definition) is 5. The molecule has 9 heteroatoms. The first-order valence-electron chi connectivity index (χ1n) is 10.8. The molecule has 2 amide bonds. The van der Waals surface area contributed by atoms with Gasteiger partial charge in [0.05, 0.1) is 5.92 Å². The van der Waals surface area contributed by atoms with Gasteiger partial charge in [-0.1, -0.05) is 48.5 Å². The number of aromatic nitrogens is 1. The largest absolute Gasteiger partial charge is 0.368 e. The first kappa shape index (κ1) is 24.6. The lowest BCUT2D eigenvalue weighted by Gasteiger charge is -2.22. The Hall–Kier alpha value is -3.06. The fourth-order valence-corrected chi connectivity index (χ4v) is 5.00. The standard InChI is InChI=1S/C24H29N4O4P/c1-16(25)33(31,32)15-18(12-11-17-7-3-2-4-8-17)24(30)28-22(23(26)29)13-19-14-27-21-10-6-5-9-20(19)21/h2-10,14,18,22,25,27,31-32H,11-13,15H2,1H3,(H2-,26,28,29,30)/p+1. The number of aryl methyl sites for hydroxylation is 1. The van der Waals surface area contributed by atoms with Crippen LogP contribution in [0.25, 0.3) is 10.9 Å². The monoisotopic (exact) mass is 469 g/mol. The summed E-state index contributed by atoms with van der Waals surface area (Å²) in [6.07, 6.45) is 2.62. The Labute approximate surface area is 193 Å². The summed E-state index contributed by atoms with van der Waals surface area (Å²) in [5.41, 5.74) is 8.12. The molecule has 2 aromatic carbocycles. The summed E-state index contributed by atoms with van der Waals surface area (Å²) in [5, 5.41) is 11.3. The molecular formula is C24H30N4O4P+. The number of primary amides is 1. The lowest BCUT2D eigenvalue weighted by molar-refractivity contribution is -0.129. The van der Waals surface area contributed by atoms with E-state index in [2.05, 4.69) is 10.3 Å². The summed E-state index contributed by atoms with van der Waals surface area (Å²) in [6.45, 7) is 1.32. The van der Waals surface area contributed by atoms with Crippen LogP contribution in [-0.4, -0.2) is 44.2 Å². The molecule has 3 rings (SSSR count). The number of amides is 2. The Morgan fingerprint density at radius 1 is 1.12 bits per heavy atom. The molecule has 3 aromatic rings. The summed E-state index contributed by atoms with van der Waals surface area (Å²) >= 11 is 0. The normalized spacial score (nSPS) is 13.4. The Morgan fingerprint density at radius 3 is 2.45 bits per heavy atom. The van der Waals surface area contributed by atoms with Gasteiger partial charge in [-0.15, -0.1) is 0 Å². The molecule has 174 valence electrons. The quantitative estimate of drug-likeness (QED) is 0.189. The number of fused-ring (bicyclic) bond motifs is 1. The van der Waals surface area contributed by atoms with E-state index in [0.29, 0.717) is 12.8 Å². The van der Waals surface area contributed by atoms with Gasteiger partial charge < -0.3 is 16.0 Å². The number of nitrogens with two attached hydrogens (primary N) is 1. The second-order valence-corrected chi connectivity index (χ2v) is 10.7. The van der Waals surface area contributed by atoms with E-state index in [0.717, 1.165) is 22.0 Å². The van der Waals surface area contributed by atoms with E-state index >= 15 is 0 Å². The summed E-state index contributed by atoms with van der Waals surface area (Å²) in [6, 6.07) is 16.2. The molecule has 0 spiro atoms. The van der Waals surface area contributed by atoms with Crippen LogP contribution in [0.3, 0.4) is 0 Å². The average molecular weight is 470 g/mol. The number of carbonyl (C=O) groups is 2. The highest BCUT2D eigenvalue weighted by molar-refractivity contribution is 7.81. The predicted octanol–water partition coefficient (Wildman–Crippen LogP) is 2.76. The molecular weight excluding hydrogens is 439 g/mol. The van der Waals surface area contributed by atoms with Crippen molar-refractivity contribution in [3.8, 4) is 0 Å². The first-order chi connectivity index (χ1) is 15.7. The zero-order valence-electron chi connectivity index (χ0n) is 18.5. The van der Waals surface area contributed by atoms with Crippen LogP contribution in [-0.2, 0) is 22.4 Å². The van der Waals surface area contributed by atoms with Gasteiger partial charge in [-0.3, -0.25) is 15.0 Å². The number of rotatable bonds is 11.